The number of hydrazone groups is 1. The van der Waals surface area contributed by atoms with E-state index in [0.717, 1.165) is 23.7 Å². The molecular formula is C24H28ClN5O5. The van der Waals surface area contributed by atoms with Gasteiger partial charge in [-0.3, -0.25) is 9.69 Å². The molecule has 2 aliphatic rings. The number of benzene rings is 1. The fourth-order valence-corrected chi connectivity index (χ4v) is 3.89. The van der Waals surface area contributed by atoms with Gasteiger partial charge in [-0.05, 0) is 56.3 Å². The average Bonchev–Trinajstić information content (AvgIpc) is 3.43. The van der Waals surface area contributed by atoms with E-state index in [-0.39, 0.29) is 31.7 Å². The molecule has 2 saturated heterocycles. The first-order chi connectivity index (χ1) is 16.9. The molecule has 10 nitrogen and oxygen atoms in total. The first kappa shape index (κ1) is 24.7. The second-order valence-electron chi connectivity index (χ2n) is 8.45. The van der Waals surface area contributed by atoms with E-state index in [1.807, 2.05) is 19.2 Å². The van der Waals surface area contributed by atoms with Gasteiger partial charge in [-0.2, -0.15) is 5.10 Å². The number of likely N-dealkylation sites (N-methyl/N-ethyl adjacent to an activating group) is 1. The summed E-state index contributed by atoms with van der Waals surface area (Å²) in [6, 6.07) is 10.3. The number of piperazine rings is 1. The minimum atomic E-state index is -0.481. The molecule has 0 spiro atoms. The van der Waals surface area contributed by atoms with Gasteiger partial charge in [0.15, 0.2) is 0 Å². The first-order valence-electron chi connectivity index (χ1n) is 11.5. The average molecular weight is 502 g/mol. The molecule has 186 valence electrons. The van der Waals surface area contributed by atoms with Crippen LogP contribution >= 0.6 is 11.6 Å². The van der Waals surface area contributed by atoms with Gasteiger partial charge >= 0.3 is 12.1 Å². The second-order valence-corrected chi connectivity index (χ2v) is 8.89. The third-order valence-corrected chi connectivity index (χ3v) is 6.13. The highest BCUT2D eigenvalue weighted by Gasteiger charge is 2.35. The molecule has 4 rings (SSSR count). The Morgan fingerprint density at radius 1 is 1.09 bits per heavy atom. The zero-order chi connectivity index (χ0) is 24.8. The molecule has 0 aliphatic carbocycles. The second kappa shape index (κ2) is 11.4. The molecule has 11 heteroatoms. The number of ether oxygens (including phenoxy) is 1. The maximum atomic E-state index is 12.6. The van der Waals surface area contributed by atoms with Crippen LogP contribution in [0.15, 0.2) is 45.9 Å². The summed E-state index contributed by atoms with van der Waals surface area (Å²) < 4.78 is 11.1. The van der Waals surface area contributed by atoms with E-state index in [0.29, 0.717) is 42.5 Å². The Kier molecular flexibility index (Phi) is 8.04. The SMILES string of the molecule is CN1CCN(C(=O)OCCCCN2C(=O)CN(N=Cc3ccc(-c4ccc(Cl)cc4)o3)C2=O)CC1. The lowest BCUT2D eigenvalue weighted by atomic mass is 10.2. The summed E-state index contributed by atoms with van der Waals surface area (Å²) in [7, 11) is 2.02. The van der Waals surface area contributed by atoms with Crippen LogP contribution in [0.1, 0.15) is 18.6 Å². The molecule has 3 heterocycles. The number of rotatable bonds is 8. The minimum Gasteiger partial charge on any atom is -0.455 e. The van der Waals surface area contributed by atoms with Crippen LogP contribution in [0, 0.1) is 0 Å². The van der Waals surface area contributed by atoms with Crippen molar-refractivity contribution in [3.63, 3.8) is 0 Å². The topological polar surface area (TPSA) is 98.9 Å². The Balaban J connectivity index is 1.20. The van der Waals surface area contributed by atoms with Gasteiger partial charge in [0, 0.05) is 43.3 Å². The Morgan fingerprint density at radius 3 is 2.57 bits per heavy atom. The number of halogens is 1. The van der Waals surface area contributed by atoms with Gasteiger partial charge in [0.1, 0.15) is 18.1 Å². The van der Waals surface area contributed by atoms with Gasteiger partial charge in [0.25, 0.3) is 5.91 Å². The summed E-state index contributed by atoms with van der Waals surface area (Å²) in [4.78, 5) is 42.0. The molecule has 0 bridgehead atoms. The van der Waals surface area contributed by atoms with Gasteiger partial charge in [-0.25, -0.2) is 14.6 Å². The largest absolute Gasteiger partial charge is 0.455 e. The number of unbranched alkanes of at least 4 members (excludes halogenated alkanes) is 1. The van der Waals surface area contributed by atoms with Crippen molar-refractivity contribution in [2.45, 2.75) is 12.8 Å². The molecule has 0 radical (unpaired) electrons. The lowest BCUT2D eigenvalue weighted by Gasteiger charge is -2.31. The fraction of sp³-hybridized carbons (Fsp3) is 0.417. The minimum absolute atomic E-state index is 0.127. The molecule has 1 aromatic carbocycles. The number of carbonyl (C=O) groups is 3. The highest BCUT2D eigenvalue weighted by Crippen LogP contribution is 2.23. The van der Waals surface area contributed by atoms with E-state index in [4.69, 9.17) is 20.8 Å². The summed E-state index contributed by atoms with van der Waals surface area (Å²) in [6.07, 6.45) is 2.18. The first-order valence-corrected chi connectivity index (χ1v) is 11.9. The summed E-state index contributed by atoms with van der Waals surface area (Å²) in [5.74, 6) is 0.778. The Hall–Kier alpha value is -3.37. The fourth-order valence-electron chi connectivity index (χ4n) is 3.77. The predicted octanol–water partition coefficient (Wildman–Crippen LogP) is 3.36. The number of urea groups is 1. The van der Waals surface area contributed by atoms with E-state index in [1.54, 1.807) is 29.2 Å². The van der Waals surface area contributed by atoms with Crippen molar-refractivity contribution in [2.24, 2.45) is 5.10 Å². The van der Waals surface area contributed by atoms with E-state index in [1.165, 1.54) is 11.1 Å². The van der Waals surface area contributed by atoms with Gasteiger partial charge in [0.05, 0.1) is 12.8 Å². The number of carbonyl (C=O) groups excluding carboxylic acids is 3. The number of amides is 4. The molecule has 35 heavy (non-hydrogen) atoms. The van der Waals surface area contributed by atoms with Crippen molar-refractivity contribution in [1.29, 1.82) is 0 Å². The molecule has 0 unspecified atom stereocenters. The highest BCUT2D eigenvalue weighted by atomic mass is 35.5. The number of hydrogen-bond acceptors (Lipinski definition) is 7. The van der Waals surface area contributed by atoms with Gasteiger partial charge in [-0.1, -0.05) is 11.6 Å². The van der Waals surface area contributed by atoms with E-state index in [9.17, 15) is 14.4 Å². The summed E-state index contributed by atoms with van der Waals surface area (Å²) in [6.45, 7) is 3.34. The predicted molar refractivity (Wildman–Crippen MR) is 130 cm³/mol. The standard InChI is InChI=1S/C24H28ClN5O5/c1-27-11-13-28(14-12-27)24(33)34-15-3-2-10-29-22(31)17-30(23(29)32)26-16-20-8-9-21(35-20)18-4-6-19(25)7-5-18/h4-9,16H,2-3,10-15,17H2,1H3. The summed E-state index contributed by atoms with van der Waals surface area (Å²) in [5, 5.41) is 5.87. The van der Waals surface area contributed by atoms with Crippen LogP contribution in [0.2, 0.25) is 5.02 Å². The third kappa shape index (κ3) is 6.40. The lowest BCUT2D eigenvalue weighted by molar-refractivity contribution is -0.125. The van der Waals surface area contributed by atoms with Crippen LogP contribution in [-0.4, -0.2) is 96.9 Å². The number of hydrogen-bond donors (Lipinski definition) is 0. The van der Waals surface area contributed by atoms with Gasteiger partial charge in [0.2, 0.25) is 0 Å². The Morgan fingerprint density at radius 2 is 1.83 bits per heavy atom. The van der Waals surface area contributed by atoms with Crippen LogP contribution < -0.4 is 0 Å². The molecule has 0 N–H and O–H groups in total. The zero-order valence-electron chi connectivity index (χ0n) is 19.6. The molecular weight excluding hydrogens is 474 g/mol. The summed E-state index contributed by atoms with van der Waals surface area (Å²) >= 11 is 5.91. The van der Waals surface area contributed by atoms with Crippen LogP contribution in [0.5, 0.6) is 0 Å². The van der Waals surface area contributed by atoms with Crippen molar-refractivity contribution >= 4 is 35.8 Å². The van der Waals surface area contributed by atoms with E-state index >= 15 is 0 Å². The molecule has 4 amide bonds. The molecule has 0 saturated carbocycles. The van der Waals surface area contributed by atoms with Crippen molar-refractivity contribution in [2.75, 3.05) is 52.9 Å². The highest BCUT2D eigenvalue weighted by molar-refractivity contribution is 6.30. The Labute approximate surface area is 208 Å². The van der Waals surface area contributed by atoms with E-state index in [2.05, 4.69) is 10.0 Å². The normalized spacial score (nSPS) is 17.1. The maximum Gasteiger partial charge on any atom is 0.409 e. The van der Waals surface area contributed by atoms with Crippen molar-refractivity contribution < 1.29 is 23.5 Å². The number of furan rings is 1. The van der Waals surface area contributed by atoms with Gasteiger partial charge < -0.3 is 19.0 Å². The zero-order valence-corrected chi connectivity index (χ0v) is 20.3. The monoisotopic (exact) mass is 501 g/mol. The van der Waals surface area contributed by atoms with Crippen LogP contribution in [-0.2, 0) is 9.53 Å². The quantitative estimate of drug-likeness (QED) is 0.312. The maximum absolute atomic E-state index is 12.6. The van der Waals surface area contributed by atoms with Crippen LogP contribution in [0.3, 0.4) is 0 Å². The van der Waals surface area contributed by atoms with Crippen molar-refractivity contribution in [1.82, 2.24) is 19.7 Å². The smallest absolute Gasteiger partial charge is 0.409 e. The lowest BCUT2D eigenvalue weighted by Crippen LogP contribution is -2.47. The molecule has 0 atom stereocenters. The summed E-state index contributed by atoms with van der Waals surface area (Å²) in [5.41, 5.74) is 0.863. The van der Waals surface area contributed by atoms with Crippen LogP contribution in [0.4, 0.5) is 9.59 Å². The van der Waals surface area contributed by atoms with E-state index < -0.39 is 6.03 Å². The van der Waals surface area contributed by atoms with Crippen LogP contribution in [0.25, 0.3) is 11.3 Å². The molecule has 2 aromatic rings. The Bertz CT molecular complexity index is 1080. The van der Waals surface area contributed by atoms with Gasteiger partial charge in [-0.15, -0.1) is 0 Å². The molecule has 2 fully saturated rings. The molecule has 2 aliphatic heterocycles. The molecule has 1 aromatic heterocycles. The number of nitrogens with zero attached hydrogens (tertiary/aromatic N) is 5. The number of imide groups is 1. The van der Waals surface area contributed by atoms with Crippen molar-refractivity contribution in [3.05, 3.63) is 47.2 Å². The van der Waals surface area contributed by atoms with Crippen molar-refractivity contribution in [3.8, 4) is 11.3 Å². The third-order valence-electron chi connectivity index (χ3n) is 5.88.